The highest BCUT2D eigenvalue weighted by Gasteiger charge is 2.46. The number of likely N-dealkylation sites (N-methyl/N-ethyl adjacent to an activating group) is 1. The monoisotopic (exact) mass is 538 g/mol. The zero-order valence-electron chi connectivity index (χ0n) is 23.3. The fourth-order valence-electron chi connectivity index (χ4n) is 5.29. The number of carbonyl (C=O) groups excluding carboxylic acids is 2. The molecule has 1 N–H and O–H groups in total. The van der Waals surface area contributed by atoms with Crippen LogP contribution in [0.3, 0.4) is 0 Å². The highest BCUT2D eigenvalue weighted by molar-refractivity contribution is 6.46. The summed E-state index contributed by atoms with van der Waals surface area (Å²) in [4.78, 5) is 35.5. The van der Waals surface area contributed by atoms with E-state index in [0.717, 1.165) is 18.7 Å². The van der Waals surface area contributed by atoms with Crippen molar-refractivity contribution >= 4 is 23.1 Å². The Morgan fingerprint density at radius 3 is 2.40 bits per heavy atom. The van der Waals surface area contributed by atoms with Gasteiger partial charge in [0.1, 0.15) is 22.8 Å². The molecule has 1 fully saturated rings. The van der Waals surface area contributed by atoms with Crippen LogP contribution >= 0.6 is 0 Å². The number of ketones is 1. The van der Waals surface area contributed by atoms with E-state index in [4.69, 9.17) is 4.74 Å². The van der Waals surface area contributed by atoms with Crippen LogP contribution in [-0.4, -0.2) is 62.2 Å². The van der Waals surface area contributed by atoms with Gasteiger partial charge < -0.3 is 24.0 Å². The summed E-state index contributed by atoms with van der Waals surface area (Å²) in [6, 6.07) is 19.8. The number of ether oxygens (including phenoxy) is 1. The van der Waals surface area contributed by atoms with E-state index in [1.807, 2.05) is 91.2 Å². The highest BCUT2D eigenvalue weighted by atomic mass is 16.5. The Kier molecular flexibility index (Phi) is 7.71. The number of amides is 1. The third-order valence-electron chi connectivity index (χ3n) is 7.55. The number of aliphatic hydroxyl groups is 1. The van der Waals surface area contributed by atoms with Crippen LogP contribution in [0.4, 0.5) is 0 Å². The third-order valence-corrected chi connectivity index (χ3v) is 7.55. The number of pyridine rings is 1. The van der Waals surface area contributed by atoms with Crippen LogP contribution in [0.15, 0.2) is 78.5 Å². The molecule has 1 amide bonds. The number of aliphatic hydroxyl groups excluding tert-OH is 1. The molecule has 206 valence electrons. The van der Waals surface area contributed by atoms with Crippen molar-refractivity contribution in [2.45, 2.75) is 33.7 Å². The van der Waals surface area contributed by atoms with Crippen molar-refractivity contribution in [1.29, 1.82) is 0 Å². The second kappa shape index (κ2) is 11.4. The molecule has 0 radical (unpaired) electrons. The smallest absolute Gasteiger partial charge is 0.295 e. The number of imidazole rings is 1. The molecule has 0 bridgehead atoms. The van der Waals surface area contributed by atoms with E-state index in [1.54, 1.807) is 4.90 Å². The van der Waals surface area contributed by atoms with E-state index >= 15 is 0 Å². The normalized spacial score (nSPS) is 16.8. The van der Waals surface area contributed by atoms with E-state index in [9.17, 15) is 14.7 Å². The Hall–Kier alpha value is -4.43. The van der Waals surface area contributed by atoms with Gasteiger partial charge in [-0.25, -0.2) is 4.98 Å². The summed E-state index contributed by atoms with van der Waals surface area (Å²) in [5.41, 5.74) is 3.30. The lowest BCUT2D eigenvalue weighted by atomic mass is 9.96. The molecule has 4 aromatic rings. The number of Topliss-reactive ketones (excluding diaryl/α,β-unsaturated/α-hetero) is 1. The fraction of sp³-hybridized carbons (Fsp3) is 0.281. The molecule has 40 heavy (non-hydrogen) atoms. The van der Waals surface area contributed by atoms with Crippen LogP contribution < -0.4 is 4.74 Å². The number of fused-ring (bicyclic) bond motifs is 1. The van der Waals surface area contributed by atoms with Crippen molar-refractivity contribution in [3.8, 4) is 11.5 Å². The first-order valence-electron chi connectivity index (χ1n) is 13.6. The lowest BCUT2D eigenvalue weighted by Crippen LogP contribution is -2.38. The van der Waals surface area contributed by atoms with Gasteiger partial charge >= 0.3 is 0 Å². The van der Waals surface area contributed by atoms with Crippen molar-refractivity contribution in [2.75, 3.05) is 26.2 Å². The number of hydrogen-bond acceptors (Lipinski definition) is 6. The van der Waals surface area contributed by atoms with Crippen LogP contribution in [0.2, 0.25) is 0 Å². The number of nitrogens with zero attached hydrogens (tertiary/aromatic N) is 4. The zero-order chi connectivity index (χ0) is 28.4. The Balaban J connectivity index is 1.63. The number of aromatic nitrogens is 2. The van der Waals surface area contributed by atoms with Gasteiger partial charge in [0.05, 0.1) is 17.3 Å². The maximum absolute atomic E-state index is 13.6. The standard InChI is InChI=1S/C32H34N4O4/c1-5-34(6-2)18-19-36-28(23-13-10-16-25(20-23)40-24-14-8-7-9-15-24)26(30(38)32(36)39)29(37)27-22(4)35-17-11-12-21(3)31(35)33-27/h7-17,20,28,37H,5-6,18-19H2,1-4H3/b29-26+. The molecule has 2 aromatic heterocycles. The predicted octanol–water partition coefficient (Wildman–Crippen LogP) is 5.51. The van der Waals surface area contributed by atoms with Crippen molar-refractivity contribution in [1.82, 2.24) is 19.2 Å². The minimum Gasteiger partial charge on any atom is -0.505 e. The number of para-hydroxylation sites is 1. The zero-order valence-corrected chi connectivity index (χ0v) is 23.3. The molecule has 1 atom stereocenters. The molecule has 0 saturated carbocycles. The van der Waals surface area contributed by atoms with Crippen LogP contribution in [0.25, 0.3) is 11.4 Å². The molecule has 2 aromatic carbocycles. The molecule has 0 spiro atoms. The molecule has 8 nitrogen and oxygen atoms in total. The molecule has 0 aliphatic carbocycles. The second-order valence-electron chi connectivity index (χ2n) is 9.94. The van der Waals surface area contributed by atoms with Gasteiger partial charge in [0.25, 0.3) is 11.7 Å². The first kappa shape index (κ1) is 27.1. The van der Waals surface area contributed by atoms with E-state index < -0.39 is 17.7 Å². The van der Waals surface area contributed by atoms with E-state index in [2.05, 4.69) is 23.7 Å². The third kappa shape index (κ3) is 4.98. The number of benzene rings is 2. The lowest BCUT2D eigenvalue weighted by Gasteiger charge is -2.28. The summed E-state index contributed by atoms with van der Waals surface area (Å²) >= 11 is 0. The van der Waals surface area contributed by atoms with Gasteiger partial charge in [-0.3, -0.25) is 9.59 Å². The van der Waals surface area contributed by atoms with Gasteiger partial charge in [0.15, 0.2) is 5.76 Å². The van der Waals surface area contributed by atoms with Gasteiger partial charge in [-0.2, -0.15) is 0 Å². The van der Waals surface area contributed by atoms with E-state index in [1.165, 1.54) is 0 Å². The second-order valence-corrected chi connectivity index (χ2v) is 9.94. The Morgan fingerprint density at radius 1 is 0.975 bits per heavy atom. The van der Waals surface area contributed by atoms with Gasteiger partial charge in [0.2, 0.25) is 0 Å². The molecule has 1 aliphatic rings. The van der Waals surface area contributed by atoms with Crippen molar-refractivity contribution in [2.24, 2.45) is 0 Å². The average molecular weight is 539 g/mol. The average Bonchev–Trinajstić information content (AvgIpc) is 3.44. The number of aryl methyl sites for hydroxylation is 2. The summed E-state index contributed by atoms with van der Waals surface area (Å²) in [6.07, 6.45) is 1.87. The first-order chi connectivity index (χ1) is 19.3. The van der Waals surface area contributed by atoms with Gasteiger partial charge in [-0.1, -0.05) is 50.2 Å². The Bertz CT molecular complexity index is 1590. The number of hydrogen-bond donors (Lipinski definition) is 1. The highest BCUT2D eigenvalue weighted by Crippen LogP contribution is 2.41. The molecule has 5 rings (SSSR count). The van der Waals surface area contributed by atoms with Gasteiger partial charge in [0, 0.05) is 19.3 Å². The Morgan fingerprint density at radius 2 is 1.70 bits per heavy atom. The fourth-order valence-corrected chi connectivity index (χ4v) is 5.29. The summed E-state index contributed by atoms with van der Waals surface area (Å²) < 4.78 is 7.94. The molecule has 1 unspecified atom stereocenters. The van der Waals surface area contributed by atoms with Crippen LogP contribution in [0.5, 0.6) is 11.5 Å². The Labute approximate surface area is 234 Å². The molecule has 8 heteroatoms. The van der Waals surface area contributed by atoms with E-state index in [0.29, 0.717) is 41.5 Å². The topological polar surface area (TPSA) is 87.4 Å². The first-order valence-corrected chi connectivity index (χ1v) is 13.6. The van der Waals surface area contributed by atoms with E-state index in [-0.39, 0.29) is 17.0 Å². The maximum Gasteiger partial charge on any atom is 0.295 e. The van der Waals surface area contributed by atoms with Gasteiger partial charge in [-0.15, -0.1) is 0 Å². The lowest BCUT2D eigenvalue weighted by molar-refractivity contribution is -0.140. The molecular formula is C32H34N4O4. The van der Waals surface area contributed by atoms with Crippen molar-refractivity contribution in [3.63, 3.8) is 0 Å². The minimum atomic E-state index is -0.791. The summed E-state index contributed by atoms with van der Waals surface area (Å²) in [6.45, 7) is 10.5. The minimum absolute atomic E-state index is 0.0329. The maximum atomic E-state index is 13.6. The quantitative estimate of drug-likeness (QED) is 0.172. The summed E-state index contributed by atoms with van der Waals surface area (Å²) in [5.74, 6) is -0.387. The summed E-state index contributed by atoms with van der Waals surface area (Å²) in [7, 11) is 0. The van der Waals surface area contributed by atoms with Crippen LogP contribution in [0.1, 0.15) is 42.4 Å². The van der Waals surface area contributed by atoms with Crippen LogP contribution in [-0.2, 0) is 9.59 Å². The molecule has 3 heterocycles. The molecular weight excluding hydrogens is 504 g/mol. The largest absolute Gasteiger partial charge is 0.505 e. The van der Waals surface area contributed by atoms with Gasteiger partial charge in [-0.05, 0) is 68.4 Å². The number of carbonyl (C=O) groups is 2. The van der Waals surface area contributed by atoms with Crippen LogP contribution in [0, 0.1) is 13.8 Å². The van der Waals surface area contributed by atoms with Crippen molar-refractivity contribution < 1.29 is 19.4 Å². The predicted molar refractivity (Wildman–Crippen MR) is 154 cm³/mol. The number of rotatable bonds is 9. The molecule has 1 aliphatic heterocycles. The summed E-state index contributed by atoms with van der Waals surface area (Å²) in [5, 5.41) is 11.7. The van der Waals surface area contributed by atoms with Crippen molar-refractivity contribution in [3.05, 3.63) is 101 Å². The SMILES string of the molecule is CCN(CC)CCN1C(=O)C(=O)/C(=C(/O)c2nc3c(C)cccn3c2C)C1c1cccc(Oc2ccccc2)c1. The number of likely N-dealkylation sites (tertiary alicyclic amines) is 1. The molecule has 1 saturated heterocycles.